The molecular formula is C14H13N3O3. The molecule has 102 valence electrons. The number of carboxylic acids is 1. The number of aliphatic hydroxyl groups excluding tert-OH is 1. The fourth-order valence-corrected chi connectivity index (χ4v) is 2.32. The summed E-state index contributed by atoms with van der Waals surface area (Å²) in [6.45, 7) is 0. The van der Waals surface area contributed by atoms with Crippen molar-refractivity contribution in [1.29, 1.82) is 0 Å². The van der Waals surface area contributed by atoms with Gasteiger partial charge in [0.15, 0.2) is 0 Å². The number of aromatic nitrogens is 2. The van der Waals surface area contributed by atoms with Crippen molar-refractivity contribution in [3.05, 3.63) is 47.4 Å². The average Bonchev–Trinajstić information content (AvgIpc) is 2.82. The molecule has 1 atom stereocenters. The number of hydrogen-bond donors (Lipinski definition) is 3. The van der Waals surface area contributed by atoms with Crippen LogP contribution in [0.2, 0.25) is 0 Å². The van der Waals surface area contributed by atoms with E-state index in [1.54, 1.807) is 12.1 Å². The van der Waals surface area contributed by atoms with Crippen LogP contribution in [0.5, 0.6) is 0 Å². The number of aliphatic hydroxyl groups is 1. The molecule has 3 rings (SSSR count). The van der Waals surface area contributed by atoms with Crippen molar-refractivity contribution in [2.24, 2.45) is 0 Å². The van der Waals surface area contributed by atoms with Gasteiger partial charge in [-0.2, -0.15) is 0 Å². The minimum Gasteiger partial charge on any atom is -0.478 e. The topological polar surface area (TPSA) is 95.3 Å². The lowest BCUT2D eigenvalue weighted by Crippen LogP contribution is -2.02. The average molecular weight is 271 g/mol. The molecule has 6 heteroatoms. The third-order valence-corrected chi connectivity index (χ3v) is 3.36. The highest BCUT2D eigenvalue weighted by Gasteiger charge is 2.25. The van der Waals surface area contributed by atoms with Gasteiger partial charge in [-0.3, -0.25) is 0 Å². The summed E-state index contributed by atoms with van der Waals surface area (Å²) in [6.07, 6.45) is 2.28. The van der Waals surface area contributed by atoms with Crippen LogP contribution in [0, 0.1) is 0 Å². The van der Waals surface area contributed by atoms with Crippen LogP contribution in [-0.2, 0) is 6.42 Å². The SMILES string of the molecule is O=C(O)c1ccc(Nc2ncnc3c2CCC3O)cc1. The first-order chi connectivity index (χ1) is 9.65. The van der Waals surface area contributed by atoms with E-state index in [9.17, 15) is 9.90 Å². The Balaban J connectivity index is 1.87. The van der Waals surface area contributed by atoms with Crippen molar-refractivity contribution >= 4 is 17.5 Å². The Kier molecular flexibility index (Phi) is 3.08. The van der Waals surface area contributed by atoms with Crippen LogP contribution in [0.3, 0.4) is 0 Å². The first-order valence-corrected chi connectivity index (χ1v) is 6.27. The lowest BCUT2D eigenvalue weighted by atomic mass is 10.2. The summed E-state index contributed by atoms with van der Waals surface area (Å²) < 4.78 is 0. The van der Waals surface area contributed by atoms with Crippen molar-refractivity contribution in [2.45, 2.75) is 18.9 Å². The zero-order chi connectivity index (χ0) is 14.1. The van der Waals surface area contributed by atoms with E-state index in [2.05, 4.69) is 15.3 Å². The lowest BCUT2D eigenvalue weighted by Gasteiger charge is -2.10. The molecule has 1 aromatic heterocycles. The van der Waals surface area contributed by atoms with E-state index in [0.717, 1.165) is 17.7 Å². The highest BCUT2D eigenvalue weighted by atomic mass is 16.4. The van der Waals surface area contributed by atoms with Crippen molar-refractivity contribution in [2.75, 3.05) is 5.32 Å². The monoisotopic (exact) mass is 271 g/mol. The number of hydrogen-bond acceptors (Lipinski definition) is 5. The van der Waals surface area contributed by atoms with Crippen molar-refractivity contribution in [3.63, 3.8) is 0 Å². The van der Waals surface area contributed by atoms with E-state index in [0.29, 0.717) is 17.9 Å². The van der Waals surface area contributed by atoms with E-state index in [1.165, 1.54) is 18.5 Å². The zero-order valence-electron chi connectivity index (χ0n) is 10.6. The minimum atomic E-state index is -0.956. The quantitative estimate of drug-likeness (QED) is 0.789. The highest BCUT2D eigenvalue weighted by molar-refractivity contribution is 5.88. The summed E-state index contributed by atoms with van der Waals surface area (Å²) in [7, 11) is 0. The maximum Gasteiger partial charge on any atom is 0.335 e. The first-order valence-electron chi connectivity index (χ1n) is 6.27. The summed E-state index contributed by atoms with van der Waals surface area (Å²) >= 11 is 0. The van der Waals surface area contributed by atoms with Gasteiger partial charge in [0, 0.05) is 11.3 Å². The Bertz CT molecular complexity index is 655. The van der Waals surface area contributed by atoms with Gasteiger partial charge in [-0.1, -0.05) is 0 Å². The second kappa shape index (κ2) is 4.90. The second-order valence-electron chi connectivity index (χ2n) is 4.65. The van der Waals surface area contributed by atoms with Gasteiger partial charge in [0.1, 0.15) is 12.1 Å². The number of rotatable bonds is 3. The molecule has 1 unspecified atom stereocenters. The Morgan fingerprint density at radius 3 is 2.70 bits per heavy atom. The summed E-state index contributed by atoms with van der Waals surface area (Å²) in [5, 5.41) is 21.8. The molecule has 0 saturated heterocycles. The van der Waals surface area contributed by atoms with Gasteiger partial charge in [-0.25, -0.2) is 14.8 Å². The van der Waals surface area contributed by atoms with Crippen LogP contribution in [0.25, 0.3) is 0 Å². The van der Waals surface area contributed by atoms with Crippen LogP contribution in [-0.4, -0.2) is 26.2 Å². The van der Waals surface area contributed by atoms with Crippen molar-refractivity contribution < 1.29 is 15.0 Å². The Morgan fingerprint density at radius 1 is 1.25 bits per heavy atom. The van der Waals surface area contributed by atoms with Crippen LogP contribution in [0.1, 0.15) is 34.1 Å². The first kappa shape index (κ1) is 12.6. The maximum atomic E-state index is 10.8. The van der Waals surface area contributed by atoms with Crippen molar-refractivity contribution in [3.8, 4) is 0 Å². The van der Waals surface area contributed by atoms with Gasteiger partial charge < -0.3 is 15.5 Å². The van der Waals surface area contributed by atoms with Crippen LogP contribution in [0.4, 0.5) is 11.5 Å². The molecule has 2 aromatic rings. The summed E-state index contributed by atoms with van der Waals surface area (Å²) in [5.41, 5.74) is 2.57. The van der Waals surface area contributed by atoms with E-state index in [1.807, 2.05) is 0 Å². The number of nitrogens with zero attached hydrogens (tertiary/aromatic N) is 2. The Hall–Kier alpha value is -2.47. The number of anilines is 2. The molecule has 0 fully saturated rings. The normalized spacial score (nSPS) is 16.8. The molecule has 0 saturated carbocycles. The van der Waals surface area contributed by atoms with Crippen LogP contribution >= 0.6 is 0 Å². The van der Waals surface area contributed by atoms with Gasteiger partial charge >= 0.3 is 5.97 Å². The van der Waals surface area contributed by atoms with Crippen molar-refractivity contribution in [1.82, 2.24) is 9.97 Å². The predicted octanol–water partition coefficient (Wildman–Crippen LogP) is 1.90. The van der Waals surface area contributed by atoms with E-state index < -0.39 is 12.1 Å². The third-order valence-electron chi connectivity index (χ3n) is 3.36. The van der Waals surface area contributed by atoms with E-state index in [4.69, 9.17) is 5.11 Å². The second-order valence-corrected chi connectivity index (χ2v) is 4.65. The van der Waals surface area contributed by atoms with Gasteiger partial charge in [0.2, 0.25) is 0 Å². The Labute approximate surface area is 115 Å². The zero-order valence-corrected chi connectivity index (χ0v) is 10.6. The molecule has 0 bridgehead atoms. The maximum absolute atomic E-state index is 10.8. The van der Waals surface area contributed by atoms with E-state index >= 15 is 0 Å². The summed E-state index contributed by atoms with van der Waals surface area (Å²) in [6, 6.07) is 6.43. The summed E-state index contributed by atoms with van der Waals surface area (Å²) in [4.78, 5) is 19.1. The molecular weight excluding hydrogens is 258 g/mol. The van der Waals surface area contributed by atoms with Gasteiger partial charge in [-0.15, -0.1) is 0 Å². The lowest BCUT2D eigenvalue weighted by molar-refractivity contribution is 0.0697. The highest BCUT2D eigenvalue weighted by Crippen LogP contribution is 2.33. The van der Waals surface area contributed by atoms with Crippen LogP contribution in [0.15, 0.2) is 30.6 Å². The van der Waals surface area contributed by atoms with Gasteiger partial charge in [-0.05, 0) is 37.1 Å². The molecule has 0 aliphatic heterocycles. The van der Waals surface area contributed by atoms with Gasteiger partial charge in [0.25, 0.3) is 0 Å². The fraction of sp³-hybridized carbons (Fsp3) is 0.214. The molecule has 0 amide bonds. The largest absolute Gasteiger partial charge is 0.478 e. The fourth-order valence-electron chi connectivity index (χ4n) is 2.32. The molecule has 1 aromatic carbocycles. The number of carbonyl (C=O) groups is 1. The minimum absolute atomic E-state index is 0.235. The van der Waals surface area contributed by atoms with Gasteiger partial charge in [0.05, 0.1) is 17.4 Å². The molecule has 1 aliphatic carbocycles. The summed E-state index contributed by atoms with van der Waals surface area (Å²) in [5.74, 6) is -0.294. The number of fused-ring (bicyclic) bond motifs is 1. The molecule has 1 aliphatic rings. The Morgan fingerprint density at radius 2 is 2.00 bits per heavy atom. The molecule has 6 nitrogen and oxygen atoms in total. The third kappa shape index (κ3) is 2.21. The number of benzene rings is 1. The molecule has 20 heavy (non-hydrogen) atoms. The van der Waals surface area contributed by atoms with Crippen LogP contribution < -0.4 is 5.32 Å². The smallest absolute Gasteiger partial charge is 0.335 e. The molecule has 3 N–H and O–H groups in total. The number of carboxylic acid groups (broad SMARTS) is 1. The predicted molar refractivity (Wildman–Crippen MR) is 72.0 cm³/mol. The number of nitrogens with one attached hydrogen (secondary N) is 1. The van der Waals surface area contributed by atoms with E-state index in [-0.39, 0.29) is 5.56 Å². The molecule has 0 radical (unpaired) electrons. The molecule has 0 spiro atoms. The number of aromatic carboxylic acids is 1. The standard InChI is InChI=1S/C14H13N3O3/c18-11-6-5-10-12(11)15-7-16-13(10)17-9-3-1-8(2-4-9)14(19)20/h1-4,7,11,18H,5-6H2,(H,19,20)(H,15,16,17). The molecule has 1 heterocycles.